The smallest absolute Gasteiger partial charge is 0.190 e. The zero-order valence-electron chi connectivity index (χ0n) is 17.5. The fourth-order valence-electron chi connectivity index (χ4n) is 2.50. The van der Waals surface area contributed by atoms with E-state index in [1.54, 1.807) is 12.4 Å². The van der Waals surface area contributed by atoms with Gasteiger partial charge in [-0.1, -0.05) is 24.3 Å². The minimum atomic E-state index is -4.74. The lowest BCUT2D eigenvalue weighted by Gasteiger charge is -2.14. The predicted molar refractivity (Wildman–Crippen MR) is 122 cm³/mol. The van der Waals surface area contributed by atoms with Crippen LogP contribution in [0.3, 0.4) is 0 Å². The Labute approximate surface area is 196 Å². The summed E-state index contributed by atoms with van der Waals surface area (Å²) in [5.74, 6) is 0. The lowest BCUT2D eigenvalue weighted by Crippen LogP contribution is -2.03. The van der Waals surface area contributed by atoms with Crippen LogP contribution >= 0.6 is 0 Å². The number of pyridine rings is 2. The standard InChI is InChI=1S/C10H8O6S2.2C5H6N2.2H2O/c11-17(12,13)9-5-1-3-7-8(9)4-2-6-10(7)18(14,15)16;2*6-5-2-1-3-7-4-5;;/h1-6H,(H,11,12,13)(H,14,15,16);2*1-4H,6H2;2*1H2. The van der Waals surface area contributed by atoms with Gasteiger partial charge in [0.25, 0.3) is 0 Å². The zero-order chi connectivity index (χ0) is 23.8. The van der Waals surface area contributed by atoms with Gasteiger partial charge in [0, 0.05) is 22.9 Å². The summed E-state index contributed by atoms with van der Waals surface area (Å²) < 4.78 is 66.1. The first-order valence-electron chi connectivity index (χ1n) is 8.87. The van der Waals surface area contributed by atoms with Gasteiger partial charge in [-0.3, -0.25) is 0 Å². The van der Waals surface area contributed by atoms with Gasteiger partial charge < -0.3 is 31.5 Å². The molecule has 0 bridgehead atoms. The fraction of sp³-hybridized carbons (Fsp3) is 0. The Bertz CT molecular complexity index is 1280. The SMILES string of the molecule is Nc1ccc[nH+]c1.Nc1ccc[nH+]c1.O.O.O=S(=O)([O-])c1cccc2c(S(=O)(=O)[O-])cccc12. The average Bonchev–Trinajstić information content (AvgIpc) is 2.73. The molecule has 0 fully saturated rings. The summed E-state index contributed by atoms with van der Waals surface area (Å²) in [6.45, 7) is 0. The van der Waals surface area contributed by atoms with E-state index in [0.717, 1.165) is 23.5 Å². The molecule has 14 heteroatoms. The number of hydrogen-bond acceptors (Lipinski definition) is 8. The van der Waals surface area contributed by atoms with E-state index in [1.165, 1.54) is 24.3 Å². The van der Waals surface area contributed by atoms with Crippen LogP contribution in [0.15, 0.2) is 95.2 Å². The van der Waals surface area contributed by atoms with E-state index in [4.69, 9.17) is 11.5 Å². The third kappa shape index (κ3) is 9.07. The van der Waals surface area contributed by atoms with E-state index in [2.05, 4.69) is 9.97 Å². The van der Waals surface area contributed by atoms with Gasteiger partial charge in [-0.05, 0) is 24.3 Å². The van der Waals surface area contributed by atoms with Gasteiger partial charge in [-0.2, -0.15) is 0 Å². The van der Waals surface area contributed by atoms with Crippen molar-refractivity contribution < 1.29 is 46.9 Å². The van der Waals surface area contributed by atoms with Crippen molar-refractivity contribution in [3.05, 3.63) is 85.5 Å². The number of aromatic amines is 2. The topological polar surface area (TPSA) is 258 Å². The first-order valence-corrected chi connectivity index (χ1v) is 11.7. The Morgan fingerprint density at radius 1 is 0.588 bits per heavy atom. The monoisotopic (exact) mass is 512 g/mol. The van der Waals surface area contributed by atoms with Gasteiger partial charge in [0.05, 0.1) is 21.2 Å². The highest BCUT2D eigenvalue weighted by molar-refractivity contribution is 7.86. The van der Waals surface area contributed by atoms with Crippen molar-refractivity contribution in [1.82, 2.24) is 0 Å². The maximum absolute atomic E-state index is 11.0. The zero-order valence-corrected chi connectivity index (χ0v) is 19.1. The maximum atomic E-state index is 11.0. The van der Waals surface area contributed by atoms with Crippen molar-refractivity contribution in [2.45, 2.75) is 9.79 Å². The molecular formula is C20H24N4O8S2. The van der Waals surface area contributed by atoms with Crippen LogP contribution in [0.25, 0.3) is 10.8 Å². The van der Waals surface area contributed by atoms with E-state index < -0.39 is 30.0 Å². The number of hydrogen-bond donors (Lipinski definition) is 2. The van der Waals surface area contributed by atoms with Crippen LogP contribution in [0.2, 0.25) is 0 Å². The molecule has 0 spiro atoms. The molecule has 10 N–H and O–H groups in total. The number of fused-ring (bicyclic) bond motifs is 1. The van der Waals surface area contributed by atoms with Crippen LogP contribution in [0, 0.1) is 0 Å². The van der Waals surface area contributed by atoms with Crippen LogP contribution in [0.4, 0.5) is 11.4 Å². The van der Waals surface area contributed by atoms with Gasteiger partial charge in [0.1, 0.15) is 20.2 Å². The summed E-state index contributed by atoms with van der Waals surface area (Å²) in [5, 5.41) is -0.158. The van der Waals surface area contributed by atoms with Crippen molar-refractivity contribution in [2.24, 2.45) is 0 Å². The number of nitrogens with two attached hydrogens (primary N) is 2. The number of nitrogens with one attached hydrogen (secondary N) is 2. The van der Waals surface area contributed by atoms with Crippen LogP contribution in [0.1, 0.15) is 0 Å². The minimum absolute atomic E-state index is 0. The molecule has 0 saturated carbocycles. The minimum Gasteiger partial charge on any atom is -0.744 e. The number of anilines is 2. The molecule has 0 unspecified atom stereocenters. The van der Waals surface area contributed by atoms with E-state index in [-0.39, 0.29) is 21.7 Å². The molecule has 0 atom stereocenters. The summed E-state index contributed by atoms with van der Waals surface area (Å²) in [4.78, 5) is 4.57. The normalized spacial score (nSPS) is 10.3. The number of benzene rings is 2. The van der Waals surface area contributed by atoms with E-state index in [1.807, 2.05) is 36.7 Å². The molecule has 2 aromatic carbocycles. The number of nitrogen functional groups attached to an aromatic ring is 2. The first kappa shape index (κ1) is 30.3. The van der Waals surface area contributed by atoms with Crippen LogP contribution in [0.5, 0.6) is 0 Å². The molecule has 2 heterocycles. The van der Waals surface area contributed by atoms with Crippen molar-refractivity contribution >= 4 is 42.4 Å². The molecular weight excluding hydrogens is 488 g/mol. The summed E-state index contributed by atoms with van der Waals surface area (Å²) in [5.41, 5.74) is 12.2. The Balaban J connectivity index is 0.000000563. The molecule has 34 heavy (non-hydrogen) atoms. The van der Waals surface area contributed by atoms with Gasteiger partial charge in [-0.15, -0.1) is 0 Å². The summed E-state index contributed by atoms with van der Waals surface area (Å²) in [6.07, 6.45) is 7.10. The van der Waals surface area contributed by atoms with Crippen LogP contribution < -0.4 is 21.4 Å². The highest BCUT2D eigenvalue weighted by Gasteiger charge is 2.12. The third-order valence-electron chi connectivity index (χ3n) is 3.84. The Hall–Kier alpha value is -3.66. The molecule has 12 nitrogen and oxygen atoms in total. The van der Waals surface area contributed by atoms with Gasteiger partial charge in [0.15, 0.2) is 24.8 Å². The summed E-state index contributed by atoms with van der Waals surface area (Å²) >= 11 is 0. The highest BCUT2D eigenvalue weighted by atomic mass is 32.2. The second-order valence-corrected chi connectivity index (χ2v) is 8.89. The molecule has 0 radical (unpaired) electrons. The van der Waals surface area contributed by atoms with Crippen LogP contribution in [-0.2, 0) is 20.2 Å². The molecule has 4 rings (SSSR count). The molecule has 2 aromatic heterocycles. The van der Waals surface area contributed by atoms with Crippen molar-refractivity contribution in [2.75, 3.05) is 11.5 Å². The Kier molecular flexibility index (Phi) is 11.7. The number of H-pyrrole nitrogens is 2. The second-order valence-electron chi connectivity index (χ2n) is 6.19. The van der Waals surface area contributed by atoms with Gasteiger partial charge in [0.2, 0.25) is 0 Å². The maximum Gasteiger partial charge on any atom is 0.190 e. The highest BCUT2D eigenvalue weighted by Crippen LogP contribution is 2.27. The molecule has 0 aliphatic rings. The summed E-state index contributed by atoms with van der Waals surface area (Å²) in [7, 11) is -9.48. The summed E-state index contributed by atoms with van der Waals surface area (Å²) in [6, 6.07) is 14.5. The van der Waals surface area contributed by atoms with Gasteiger partial charge in [-0.25, -0.2) is 26.8 Å². The lowest BCUT2D eigenvalue weighted by molar-refractivity contribution is -0.377. The predicted octanol–water partition coefficient (Wildman–Crippen LogP) is -0.836. The fourth-order valence-corrected chi connectivity index (χ4v) is 3.89. The van der Waals surface area contributed by atoms with Crippen molar-refractivity contribution in [1.29, 1.82) is 0 Å². The third-order valence-corrected chi connectivity index (χ3v) is 5.63. The van der Waals surface area contributed by atoms with E-state index in [0.29, 0.717) is 0 Å². The molecule has 0 saturated heterocycles. The van der Waals surface area contributed by atoms with Crippen LogP contribution in [-0.4, -0.2) is 36.9 Å². The van der Waals surface area contributed by atoms with E-state index >= 15 is 0 Å². The van der Waals surface area contributed by atoms with Crippen molar-refractivity contribution in [3.8, 4) is 0 Å². The second kappa shape index (κ2) is 13.1. The van der Waals surface area contributed by atoms with E-state index in [9.17, 15) is 25.9 Å². The molecule has 0 amide bonds. The molecule has 0 aliphatic heterocycles. The van der Waals surface area contributed by atoms with Gasteiger partial charge >= 0.3 is 0 Å². The Morgan fingerprint density at radius 3 is 1.15 bits per heavy atom. The largest absolute Gasteiger partial charge is 0.744 e. The number of aromatic nitrogens is 2. The first-order chi connectivity index (χ1) is 15.0. The molecule has 0 aliphatic carbocycles. The lowest BCUT2D eigenvalue weighted by atomic mass is 10.1. The Morgan fingerprint density at radius 2 is 0.941 bits per heavy atom. The van der Waals surface area contributed by atoms with Crippen molar-refractivity contribution in [3.63, 3.8) is 0 Å². The average molecular weight is 513 g/mol. The quantitative estimate of drug-likeness (QED) is 0.319. The molecule has 4 aromatic rings. The number of rotatable bonds is 2. The molecule has 184 valence electrons.